The van der Waals surface area contributed by atoms with Crippen LogP contribution in [0.2, 0.25) is 5.02 Å². The van der Waals surface area contributed by atoms with Crippen LogP contribution in [0.15, 0.2) is 87.9 Å². The molecule has 1 amide bonds. The van der Waals surface area contributed by atoms with Gasteiger partial charge in [-0.3, -0.25) is 9.69 Å². The number of carbonyl (C=O) groups excluding carboxylic acids is 1. The molecule has 37 heavy (non-hydrogen) atoms. The van der Waals surface area contributed by atoms with Crippen LogP contribution < -0.4 is 4.90 Å². The lowest BCUT2D eigenvalue weighted by Crippen LogP contribution is -2.30. The molecule has 5 rings (SSSR count). The van der Waals surface area contributed by atoms with Gasteiger partial charge in [-0.1, -0.05) is 79.2 Å². The molecule has 0 radical (unpaired) electrons. The maximum atomic E-state index is 13.5. The summed E-state index contributed by atoms with van der Waals surface area (Å²) < 4.78 is 5.85. The number of carbonyl (C=O) groups is 1. The summed E-state index contributed by atoms with van der Waals surface area (Å²) in [6.45, 7) is 6.32. The van der Waals surface area contributed by atoms with E-state index in [0.29, 0.717) is 39.3 Å². The van der Waals surface area contributed by atoms with Crippen molar-refractivity contribution in [1.82, 2.24) is 10.2 Å². The van der Waals surface area contributed by atoms with Crippen LogP contribution in [0.4, 0.5) is 5.69 Å². The molecular formula is C29H25ClN4O2S. The Kier molecular flexibility index (Phi) is 7.26. The maximum Gasteiger partial charge on any atom is 0.283 e. The van der Waals surface area contributed by atoms with E-state index in [1.165, 1.54) is 17.3 Å². The van der Waals surface area contributed by atoms with Crippen LogP contribution >= 0.6 is 23.4 Å². The Morgan fingerprint density at radius 2 is 1.68 bits per heavy atom. The van der Waals surface area contributed by atoms with Crippen molar-refractivity contribution in [2.24, 2.45) is 4.99 Å². The van der Waals surface area contributed by atoms with Gasteiger partial charge in [0, 0.05) is 10.6 Å². The van der Waals surface area contributed by atoms with E-state index >= 15 is 0 Å². The van der Waals surface area contributed by atoms with Crippen LogP contribution in [0.3, 0.4) is 0 Å². The van der Waals surface area contributed by atoms with Crippen LogP contribution in [0.1, 0.15) is 42.3 Å². The molecule has 1 aromatic heterocycles. The van der Waals surface area contributed by atoms with Gasteiger partial charge >= 0.3 is 0 Å². The molecule has 0 atom stereocenters. The number of benzene rings is 3. The summed E-state index contributed by atoms with van der Waals surface area (Å²) in [7, 11) is 0. The Morgan fingerprint density at radius 3 is 2.35 bits per heavy atom. The van der Waals surface area contributed by atoms with E-state index in [1.807, 2.05) is 61.5 Å². The first kappa shape index (κ1) is 25.0. The topological polar surface area (TPSA) is 71.6 Å². The average Bonchev–Trinajstić information content (AvgIpc) is 3.49. The highest BCUT2D eigenvalue weighted by molar-refractivity contribution is 8.13. The van der Waals surface area contributed by atoms with Gasteiger partial charge < -0.3 is 4.42 Å². The Bertz CT molecular complexity index is 1470. The van der Waals surface area contributed by atoms with Gasteiger partial charge in [-0.05, 0) is 66.4 Å². The van der Waals surface area contributed by atoms with Gasteiger partial charge in [0.1, 0.15) is 5.70 Å². The van der Waals surface area contributed by atoms with Gasteiger partial charge in [-0.2, -0.15) is 0 Å². The lowest BCUT2D eigenvalue weighted by molar-refractivity contribution is -0.113. The minimum atomic E-state index is -0.174. The fourth-order valence-electron chi connectivity index (χ4n) is 3.80. The van der Waals surface area contributed by atoms with Crippen LogP contribution in [0.25, 0.3) is 17.5 Å². The van der Waals surface area contributed by atoms with E-state index in [2.05, 4.69) is 36.2 Å². The SMILES string of the molecule is Cc1ccc(N2C(=O)/C(=C\c3ccc(C(C)C)cc3)N=C2SCc2nnc(-c3ccc(Cl)cc3)o2)cc1. The Hall–Kier alpha value is -3.68. The molecule has 6 nitrogen and oxygen atoms in total. The molecule has 0 N–H and O–H groups in total. The highest BCUT2D eigenvalue weighted by atomic mass is 35.5. The van der Waals surface area contributed by atoms with Crippen LogP contribution in [0.5, 0.6) is 0 Å². The van der Waals surface area contributed by atoms with Gasteiger partial charge in [0.2, 0.25) is 11.8 Å². The number of anilines is 1. The van der Waals surface area contributed by atoms with Crippen LogP contribution in [-0.2, 0) is 10.5 Å². The van der Waals surface area contributed by atoms with E-state index in [1.54, 1.807) is 17.0 Å². The summed E-state index contributed by atoms with van der Waals surface area (Å²) in [6.07, 6.45) is 1.83. The van der Waals surface area contributed by atoms with Crippen molar-refractivity contribution in [2.45, 2.75) is 32.4 Å². The fourth-order valence-corrected chi connectivity index (χ4v) is 4.77. The van der Waals surface area contributed by atoms with Crippen molar-refractivity contribution in [3.63, 3.8) is 0 Å². The molecule has 0 saturated heterocycles. The highest BCUT2D eigenvalue weighted by Crippen LogP contribution is 2.31. The summed E-state index contributed by atoms with van der Waals surface area (Å²) in [6, 6.07) is 23.2. The Balaban J connectivity index is 1.40. The van der Waals surface area contributed by atoms with Crippen molar-refractivity contribution < 1.29 is 9.21 Å². The largest absolute Gasteiger partial charge is 0.420 e. The first-order valence-corrected chi connectivity index (χ1v) is 13.3. The van der Waals surface area contributed by atoms with Crippen LogP contribution in [0, 0.1) is 6.92 Å². The minimum Gasteiger partial charge on any atom is -0.420 e. The molecule has 186 valence electrons. The monoisotopic (exact) mass is 528 g/mol. The molecule has 3 aromatic carbocycles. The molecule has 0 saturated carbocycles. The highest BCUT2D eigenvalue weighted by Gasteiger charge is 2.32. The summed E-state index contributed by atoms with van der Waals surface area (Å²) in [5, 5.41) is 9.52. The number of amides is 1. The summed E-state index contributed by atoms with van der Waals surface area (Å²) in [5.41, 5.74) is 5.22. The number of aromatic nitrogens is 2. The first-order valence-electron chi connectivity index (χ1n) is 11.9. The second-order valence-electron chi connectivity index (χ2n) is 9.02. The summed E-state index contributed by atoms with van der Waals surface area (Å²) in [4.78, 5) is 19.8. The molecule has 0 unspecified atom stereocenters. The van der Waals surface area contributed by atoms with E-state index in [9.17, 15) is 4.79 Å². The number of hydrogen-bond donors (Lipinski definition) is 0. The van der Waals surface area contributed by atoms with Crippen LogP contribution in [-0.4, -0.2) is 21.3 Å². The zero-order valence-corrected chi connectivity index (χ0v) is 22.3. The van der Waals surface area contributed by atoms with Crippen molar-refractivity contribution in [3.05, 3.63) is 106 Å². The fraction of sp³-hybridized carbons (Fsp3) is 0.172. The number of nitrogens with zero attached hydrogens (tertiary/aromatic N) is 4. The summed E-state index contributed by atoms with van der Waals surface area (Å²) >= 11 is 7.35. The predicted octanol–water partition coefficient (Wildman–Crippen LogP) is 7.50. The third kappa shape index (κ3) is 5.68. The number of aryl methyl sites for hydroxylation is 1. The van der Waals surface area contributed by atoms with Crippen molar-refractivity contribution in [1.29, 1.82) is 0 Å². The van der Waals surface area contributed by atoms with Crippen molar-refractivity contribution in [3.8, 4) is 11.5 Å². The lowest BCUT2D eigenvalue weighted by Gasteiger charge is -2.17. The second kappa shape index (κ2) is 10.7. The third-order valence-corrected chi connectivity index (χ3v) is 7.09. The van der Waals surface area contributed by atoms with Crippen molar-refractivity contribution in [2.75, 3.05) is 4.90 Å². The molecule has 1 aliphatic rings. The molecular weight excluding hydrogens is 504 g/mol. The second-order valence-corrected chi connectivity index (χ2v) is 10.4. The number of aliphatic imine (C=N–C) groups is 1. The van der Waals surface area contributed by atoms with Gasteiger partial charge in [-0.15, -0.1) is 10.2 Å². The van der Waals surface area contributed by atoms with Gasteiger partial charge in [-0.25, -0.2) is 4.99 Å². The average molecular weight is 529 g/mol. The quantitative estimate of drug-likeness (QED) is 0.242. The predicted molar refractivity (Wildman–Crippen MR) is 151 cm³/mol. The smallest absolute Gasteiger partial charge is 0.283 e. The number of rotatable bonds is 6. The Labute approximate surface area is 225 Å². The van der Waals surface area contributed by atoms with E-state index in [-0.39, 0.29) is 5.91 Å². The molecule has 2 heterocycles. The lowest BCUT2D eigenvalue weighted by atomic mass is 10.0. The standard InChI is InChI=1S/C29H25ClN4O2S/c1-18(2)21-8-6-20(7-9-21)16-25-28(35)34(24-14-4-19(3)5-15-24)29(31-25)37-17-26-32-33-27(36-26)22-10-12-23(30)13-11-22/h4-16,18H,17H2,1-3H3/b25-16+. The van der Waals surface area contributed by atoms with E-state index in [4.69, 9.17) is 21.0 Å². The number of thioether (sulfide) groups is 1. The van der Waals surface area contributed by atoms with E-state index in [0.717, 1.165) is 22.4 Å². The molecule has 8 heteroatoms. The first-order chi connectivity index (χ1) is 17.9. The summed E-state index contributed by atoms with van der Waals surface area (Å²) in [5.74, 6) is 1.49. The molecule has 0 aliphatic carbocycles. The molecule has 4 aromatic rings. The Morgan fingerprint density at radius 1 is 0.973 bits per heavy atom. The zero-order valence-electron chi connectivity index (χ0n) is 20.7. The number of hydrogen-bond acceptors (Lipinski definition) is 6. The molecule has 0 fully saturated rings. The number of amidine groups is 1. The zero-order chi connectivity index (χ0) is 25.9. The normalized spacial score (nSPS) is 14.6. The third-order valence-electron chi connectivity index (χ3n) is 5.91. The van der Waals surface area contributed by atoms with Crippen molar-refractivity contribution >= 4 is 46.2 Å². The molecule has 0 bridgehead atoms. The number of halogens is 1. The molecule has 1 aliphatic heterocycles. The maximum absolute atomic E-state index is 13.5. The van der Waals surface area contributed by atoms with Gasteiger partial charge in [0.05, 0.1) is 11.4 Å². The van der Waals surface area contributed by atoms with E-state index < -0.39 is 0 Å². The minimum absolute atomic E-state index is 0.174. The van der Waals surface area contributed by atoms with Gasteiger partial charge in [0.15, 0.2) is 5.17 Å². The van der Waals surface area contributed by atoms with Gasteiger partial charge in [0.25, 0.3) is 5.91 Å². The molecule has 0 spiro atoms.